The smallest absolute Gasteiger partial charge is 0.252 e. The minimum Gasteiger partial charge on any atom is -0.493 e. The average molecular weight is 363 g/mol. The summed E-state index contributed by atoms with van der Waals surface area (Å²) in [6, 6.07) is 5.74. The maximum Gasteiger partial charge on any atom is 0.252 e. The van der Waals surface area contributed by atoms with Crippen molar-refractivity contribution in [1.29, 1.82) is 0 Å². The lowest BCUT2D eigenvalue weighted by Gasteiger charge is -2.43. The predicted octanol–water partition coefficient (Wildman–Crippen LogP) is 3.19. The molecule has 1 aromatic carbocycles. The molecule has 0 aliphatic heterocycles. The summed E-state index contributed by atoms with van der Waals surface area (Å²) in [5.74, 6) is 1.79. The number of amides is 1. The number of benzene rings is 1. The second-order valence-electron chi connectivity index (χ2n) is 7.86. The molecule has 0 saturated heterocycles. The highest BCUT2D eigenvalue weighted by atomic mass is 16.5. The fourth-order valence-corrected chi connectivity index (χ4v) is 4.14. The Bertz CT molecular complexity index is 616. The first kappa shape index (κ1) is 20.6. The van der Waals surface area contributed by atoms with Crippen molar-refractivity contribution in [3.05, 3.63) is 23.8 Å². The fourth-order valence-electron chi connectivity index (χ4n) is 4.14. The molecule has 26 heavy (non-hydrogen) atoms. The van der Waals surface area contributed by atoms with Gasteiger partial charge in [0.15, 0.2) is 11.5 Å². The van der Waals surface area contributed by atoms with E-state index in [1.807, 2.05) is 18.2 Å². The van der Waals surface area contributed by atoms with E-state index in [1.54, 1.807) is 14.2 Å². The summed E-state index contributed by atoms with van der Waals surface area (Å²) < 4.78 is 10.6. The molecule has 1 saturated carbocycles. The lowest BCUT2D eigenvalue weighted by Crippen LogP contribution is -2.56. The first-order valence-electron chi connectivity index (χ1n) is 9.53. The van der Waals surface area contributed by atoms with Crippen LogP contribution in [0.1, 0.15) is 45.6 Å². The van der Waals surface area contributed by atoms with Gasteiger partial charge in [-0.15, -0.1) is 0 Å². The summed E-state index contributed by atoms with van der Waals surface area (Å²) in [7, 11) is 3.21. The standard InChI is InChI=1S/C21H33NO4/c1-14(2)17-8-6-15(3)13-21(17,24)20(23)22-11-10-16-7-9-18(25-4)19(12-16)26-5/h7,9,12,14-15,17,24H,6,8,10-11,13H2,1-5H3,(H,22,23)/t15?,17?,21-/m1/s1. The van der Waals surface area contributed by atoms with Crippen molar-refractivity contribution < 1.29 is 19.4 Å². The van der Waals surface area contributed by atoms with Gasteiger partial charge in [0, 0.05) is 6.54 Å². The van der Waals surface area contributed by atoms with Crippen molar-refractivity contribution in [2.24, 2.45) is 17.8 Å². The van der Waals surface area contributed by atoms with E-state index in [-0.39, 0.29) is 17.7 Å². The number of carbonyl (C=O) groups excluding carboxylic acids is 1. The quantitative estimate of drug-likeness (QED) is 0.781. The number of carbonyl (C=O) groups is 1. The number of nitrogens with one attached hydrogen (secondary N) is 1. The minimum absolute atomic E-state index is 0.0137. The van der Waals surface area contributed by atoms with Gasteiger partial charge in [0.2, 0.25) is 0 Å². The second kappa shape index (κ2) is 8.76. The molecule has 1 fully saturated rings. The fraction of sp³-hybridized carbons (Fsp3) is 0.667. The molecule has 1 aliphatic rings. The number of hydrogen-bond acceptors (Lipinski definition) is 4. The van der Waals surface area contributed by atoms with Gasteiger partial charge in [-0.2, -0.15) is 0 Å². The van der Waals surface area contributed by atoms with Crippen molar-refractivity contribution >= 4 is 5.91 Å². The Morgan fingerprint density at radius 1 is 1.27 bits per heavy atom. The van der Waals surface area contributed by atoms with Crippen LogP contribution in [0.4, 0.5) is 0 Å². The summed E-state index contributed by atoms with van der Waals surface area (Å²) in [4.78, 5) is 12.8. The molecule has 0 radical (unpaired) electrons. The van der Waals surface area contributed by atoms with Crippen LogP contribution in [0, 0.1) is 17.8 Å². The Balaban J connectivity index is 1.99. The third kappa shape index (κ3) is 4.50. The largest absolute Gasteiger partial charge is 0.493 e. The predicted molar refractivity (Wildman–Crippen MR) is 103 cm³/mol. The van der Waals surface area contributed by atoms with Gasteiger partial charge >= 0.3 is 0 Å². The van der Waals surface area contributed by atoms with Gasteiger partial charge < -0.3 is 19.9 Å². The first-order chi connectivity index (χ1) is 12.3. The van der Waals surface area contributed by atoms with Gasteiger partial charge in [0.25, 0.3) is 5.91 Å². The molecule has 1 amide bonds. The van der Waals surface area contributed by atoms with Gasteiger partial charge in [-0.1, -0.05) is 33.3 Å². The highest BCUT2D eigenvalue weighted by molar-refractivity contribution is 5.85. The van der Waals surface area contributed by atoms with E-state index in [4.69, 9.17) is 9.47 Å². The molecule has 0 bridgehead atoms. The van der Waals surface area contributed by atoms with Crippen LogP contribution in [0.3, 0.4) is 0 Å². The van der Waals surface area contributed by atoms with Crippen molar-refractivity contribution in [1.82, 2.24) is 5.32 Å². The van der Waals surface area contributed by atoms with Crippen molar-refractivity contribution in [2.45, 2.75) is 52.1 Å². The van der Waals surface area contributed by atoms with E-state index in [0.717, 1.165) is 18.4 Å². The van der Waals surface area contributed by atoms with Crippen molar-refractivity contribution in [3.8, 4) is 11.5 Å². The van der Waals surface area contributed by atoms with E-state index in [1.165, 1.54) is 0 Å². The van der Waals surface area contributed by atoms with Crippen LogP contribution in [-0.2, 0) is 11.2 Å². The molecule has 2 N–H and O–H groups in total. The summed E-state index contributed by atoms with van der Waals surface area (Å²) in [5, 5.41) is 14.1. The maximum atomic E-state index is 12.8. The third-order valence-corrected chi connectivity index (χ3v) is 5.59. The minimum atomic E-state index is -1.26. The zero-order valence-electron chi connectivity index (χ0n) is 16.7. The molecular formula is C21H33NO4. The Morgan fingerprint density at radius 2 is 1.96 bits per heavy atom. The van der Waals surface area contributed by atoms with E-state index in [2.05, 4.69) is 26.1 Å². The van der Waals surface area contributed by atoms with Gasteiger partial charge in [-0.25, -0.2) is 0 Å². The molecule has 1 aliphatic carbocycles. The molecule has 2 rings (SSSR count). The third-order valence-electron chi connectivity index (χ3n) is 5.59. The van der Waals surface area contributed by atoms with E-state index in [0.29, 0.717) is 36.8 Å². The highest BCUT2D eigenvalue weighted by Gasteiger charge is 2.48. The number of hydrogen-bond donors (Lipinski definition) is 2. The zero-order chi connectivity index (χ0) is 19.3. The van der Waals surface area contributed by atoms with Crippen LogP contribution in [0.2, 0.25) is 0 Å². The molecule has 1 aromatic rings. The highest BCUT2D eigenvalue weighted by Crippen LogP contribution is 2.41. The normalized spacial score (nSPS) is 25.8. The number of methoxy groups -OCH3 is 2. The number of ether oxygens (including phenoxy) is 2. The van der Waals surface area contributed by atoms with E-state index in [9.17, 15) is 9.90 Å². The Labute approximate surface area is 157 Å². The second-order valence-corrected chi connectivity index (χ2v) is 7.86. The van der Waals surface area contributed by atoms with Crippen LogP contribution in [0.5, 0.6) is 11.5 Å². The summed E-state index contributed by atoms with van der Waals surface area (Å²) in [6.07, 6.45) is 3.19. The van der Waals surface area contributed by atoms with Gasteiger partial charge in [0.05, 0.1) is 14.2 Å². The molecule has 5 heteroatoms. The van der Waals surface area contributed by atoms with Crippen LogP contribution in [0.25, 0.3) is 0 Å². The Hall–Kier alpha value is -1.75. The number of aliphatic hydroxyl groups is 1. The SMILES string of the molecule is COc1ccc(CCNC(=O)[C@@]2(O)CC(C)CCC2C(C)C)cc1OC. The molecule has 0 spiro atoms. The van der Waals surface area contributed by atoms with Gasteiger partial charge in [0.1, 0.15) is 5.60 Å². The van der Waals surface area contributed by atoms with Crippen LogP contribution in [0.15, 0.2) is 18.2 Å². The molecule has 2 unspecified atom stereocenters. The molecule has 0 heterocycles. The molecular weight excluding hydrogens is 330 g/mol. The van der Waals surface area contributed by atoms with Gasteiger partial charge in [-0.05, 0) is 54.7 Å². The van der Waals surface area contributed by atoms with Crippen molar-refractivity contribution in [2.75, 3.05) is 20.8 Å². The average Bonchev–Trinajstić information content (AvgIpc) is 2.60. The first-order valence-corrected chi connectivity index (χ1v) is 9.53. The topological polar surface area (TPSA) is 67.8 Å². The monoisotopic (exact) mass is 363 g/mol. The molecule has 146 valence electrons. The Morgan fingerprint density at radius 3 is 2.58 bits per heavy atom. The Kier molecular flexibility index (Phi) is 6.93. The summed E-state index contributed by atoms with van der Waals surface area (Å²) in [6.45, 7) is 6.76. The van der Waals surface area contributed by atoms with Crippen LogP contribution >= 0.6 is 0 Å². The van der Waals surface area contributed by atoms with Crippen LogP contribution < -0.4 is 14.8 Å². The summed E-state index contributed by atoms with van der Waals surface area (Å²) >= 11 is 0. The van der Waals surface area contributed by atoms with E-state index >= 15 is 0 Å². The number of rotatable bonds is 7. The van der Waals surface area contributed by atoms with Gasteiger partial charge in [-0.3, -0.25) is 4.79 Å². The lowest BCUT2D eigenvalue weighted by molar-refractivity contribution is -0.155. The van der Waals surface area contributed by atoms with Crippen LogP contribution in [-0.4, -0.2) is 37.4 Å². The molecule has 5 nitrogen and oxygen atoms in total. The lowest BCUT2D eigenvalue weighted by atomic mass is 9.66. The zero-order valence-corrected chi connectivity index (χ0v) is 16.7. The molecule has 3 atom stereocenters. The van der Waals surface area contributed by atoms with E-state index < -0.39 is 5.60 Å². The maximum absolute atomic E-state index is 12.8. The summed E-state index contributed by atoms with van der Waals surface area (Å²) in [5.41, 5.74) is -0.212. The van der Waals surface area contributed by atoms with Crippen molar-refractivity contribution in [3.63, 3.8) is 0 Å². The molecule has 0 aromatic heterocycles.